The summed E-state index contributed by atoms with van der Waals surface area (Å²) in [6, 6.07) is -3.28. The maximum Gasteiger partial charge on any atom is 0.403 e. The lowest BCUT2D eigenvalue weighted by molar-refractivity contribution is -0.142. The first kappa shape index (κ1) is 26.0. The molecule has 0 aromatic rings. The molecule has 0 aromatic heterocycles. The Morgan fingerprint density at radius 3 is 2.04 bits per heavy atom. The summed E-state index contributed by atoms with van der Waals surface area (Å²) in [7, 11) is -4.65. The van der Waals surface area contributed by atoms with E-state index in [0.717, 1.165) is 0 Å². The maximum atomic E-state index is 11.9. The standard InChI is InChI=1S/C14H26N3O10P/c1-8(15)2-4-11(18)16-9(13(21)22)6-7-27-28(25,26)17-10(14(23)24)3-5-12(19)20/h8-10H,2-7,15H2,1H3,(H,16,18)(H,19,20)(H,21,22)(H,23,24)(H2,17,25,26)/t8-,9?,10?/m1/s1. The van der Waals surface area contributed by atoms with Crippen LogP contribution in [0.2, 0.25) is 0 Å². The van der Waals surface area contributed by atoms with Crippen molar-refractivity contribution in [3.05, 3.63) is 0 Å². The van der Waals surface area contributed by atoms with Crippen molar-refractivity contribution in [2.75, 3.05) is 6.61 Å². The summed E-state index contributed by atoms with van der Waals surface area (Å²) in [4.78, 5) is 54.0. The third-order valence-electron chi connectivity index (χ3n) is 3.40. The van der Waals surface area contributed by atoms with E-state index in [-0.39, 0.29) is 18.9 Å². The van der Waals surface area contributed by atoms with Crippen molar-refractivity contribution >= 4 is 31.6 Å². The second-order valence-electron chi connectivity index (χ2n) is 6.07. The third-order valence-corrected chi connectivity index (χ3v) is 4.57. The highest BCUT2D eigenvalue weighted by atomic mass is 31.2. The van der Waals surface area contributed by atoms with Gasteiger partial charge in [-0.05, 0) is 19.8 Å². The van der Waals surface area contributed by atoms with E-state index in [4.69, 9.17) is 21.1 Å². The molecule has 3 unspecified atom stereocenters. The molecule has 0 saturated heterocycles. The van der Waals surface area contributed by atoms with Crippen molar-refractivity contribution in [3.8, 4) is 0 Å². The van der Waals surface area contributed by atoms with Crippen molar-refractivity contribution in [2.45, 2.75) is 57.2 Å². The number of carboxylic acid groups (broad SMARTS) is 3. The molecule has 0 heterocycles. The maximum absolute atomic E-state index is 11.9. The molecule has 14 heteroatoms. The van der Waals surface area contributed by atoms with Gasteiger partial charge in [0.25, 0.3) is 0 Å². The third kappa shape index (κ3) is 12.4. The molecule has 0 bridgehead atoms. The smallest absolute Gasteiger partial charge is 0.403 e. The predicted octanol–water partition coefficient (Wildman–Crippen LogP) is -0.902. The highest BCUT2D eigenvalue weighted by Crippen LogP contribution is 2.38. The second kappa shape index (κ2) is 12.4. The van der Waals surface area contributed by atoms with Gasteiger partial charge in [-0.2, -0.15) is 0 Å². The van der Waals surface area contributed by atoms with Gasteiger partial charge in [-0.25, -0.2) is 14.4 Å². The average Bonchev–Trinajstić information content (AvgIpc) is 2.55. The van der Waals surface area contributed by atoms with E-state index in [1.165, 1.54) is 0 Å². The first-order chi connectivity index (χ1) is 12.8. The van der Waals surface area contributed by atoms with Crippen LogP contribution in [0.4, 0.5) is 0 Å². The van der Waals surface area contributed by atoms with Crippen LogP contribution in [0, 0.1) is 0 Å². The van der Waals surface area contributed by atoms with Gasteiger partial charge in [0, 0.05) is 25.3 Å². The Balaban J connectivity index is 4.61. The molecule has 8 N–H and O–H groups in total. The summed E-state index contributed by atoms with van der Waals surface area (Å²) in [6.45, 7) is 1.10. The van der Waals surface area contributed by atoms with Gasteiger partial charge < -0.3 is 31.3 Å². The van der Waals surface area contributed by atoms with Crippen LogP contribution in [0.3, 0.4) is 0 Å². The molecular formula is C14H26N3O10P. The molecular weight excluding hydrogens is 401 g/mol. The molecule has 0 aliphatic carbocycles. The number of carbonyl (C=O) groups is 4. The number of carboxylic acids is 3. The molecule has 13 nitrogen and oxygen atoms in total. The Labute approximate surface area is 160 Å². The molecule has 28 heavy (non-hydrogen) atoms. The van der Waals surface area contributed by atoms with E-state index in [1.54, 1.807) is 12.0 Å². The first-order valence-electron chi connectivity index (χ1n) is 8.31. The lowest BCUT2D eigenvalue weighted by Gasteiger charge is -2.20. The molecule has 0 rings (SSSR count). The van der Waals surface area contributed by atoms with Crippen LogP contribution >= 0.6 is 7.75 Å². The summed E-state index contributed by atoms with van der Waals surface area (Å²) in [5.74, 6) is -4.78. The van der Waals surface area contributed by atoms with Gasteiger partial charge in [0.15, 0.2) is 0 Å². The summed E-state index contributed by atoms with van der Waals surface area (Å²) in [5, 5.41) is 30.6. The van der Waals surface area contributed by atoms with Gasteiger partial charge in [-0.1, -0.05) is 0 Å². The van der Waals surface area contributed by atoms with Crippen LogP contribution in [0.5, 0.6) is 0 Å². The zero-order valence-corrected chi connectivity index (χ0v) is 16.1. The lowest BCUT2D eigenvalue weighted by Crippen LogP contribution is -2.42. The zero-order valence-electron chi connectivity index (χ0n) is 15.2. The predicted molar refractivity (Wildman–Crippen MR) is 94.3 cm³/mol. The molecule has 1 amide bonds. The van der Waals surface area contributed by atoms with E-state index in [1.807, 2.05) is 0 Å². The van der Waals surface area contributed by atoms with E-state index < -0.39 is 63.1 Å². The van der Waals surface area contributed by atoms with Crippen molar-refractivity contribution in [1.29, 1.82) is 0 Å². The fraction of sp³-hybridized carbons (Fsp3) is 0.714. The van der Waals surface area contributed by atoms with Crippen molar-refractivity contribution in [3.63, 3.8) is 0 Å². The van der Waals surface area contributed by atoms with Crippen LogP contribution in [0.15, 0.2) is 0 Å². The Morgan fingerprint density at radius 2 is 1.57 bits per heavy atom. The molecule has 162 valence electrons. The number of hydrogen-bond donors (Lipinski definition) is 7. The summed E-state index contributed by atoms with van der Waals surface area (Å²) in [6.07, 6.45) is -1.04. The highest BCUT2D eigenvalue weighted by Gasteiger charge is 2.30. The van der Waals surface area contributed by atoms with Crippen molar-refractivity contribution in [2.24, 2.45) is 5.73 Å². The molecule has 4 atom stereocenters. The van der Waals surface area contributed by atoms with Gasteiger partial charge in [0.1, 0.15) is 12.1 Å². The van der Waals surface area contributed by atoms with Crippen LogP contribution < -0.4 is 16.1 Å². The average molecular weight is 427 g/mol. The molecule has 0 aromatic carbocycles. The van der Waals surface area contributed by atoms with Gasteiger partial charge in [0.05, 0.1) is 6.61 Å². The fourth-order valence-corrected chi connectivity index (χ4v) is 2.98. The van der Waals surface area contributed by atoms with E-state index in [2.05, 4.69) is 9.84 Å². The van der Waals surface area contributed by atoms with Crippen LogP contribution in [-0.4, -0.2) is 68.8 Å². The minimum atomic E-state index is -4.65. The number of nitrogens with one attached hydrogen (secondary N) is 2. The van der Waals surface area contributed by atoms with Gasteiger partial charge in [-0.3, -0.25) is 18.9 Å². The molecule has 0 saturated carbocycles. The summed E-state index contributed by atoms with van der Waals surface area (Å²) in [5.41, 5.74) is 5.50. The van der Waals surface area contributed by atoms with E-state index in [9.17, 15) is 28.6 Å². The monoisotopic (exact) mass is 427 g/mol. The number of carbonyl (C=O) groups excluding carboxylic acids is 1. The minimum absolute atomic E-state index is 0.00617. The Hall–Kier alpha value is -2.05. The van der Waals surface area contributed by atoms with Crippen LogP contribution in [0.25, 0.3) is 0 Å². The van der Waals surface area contributed by atoms with Crippen molar-refractivity contribution < 1.29 is 48.5 Å². The van der Waals surface area contributed by atoms with Crippen LogP contribution in [0.1, 0.15) is 39.0 Å². The molecule has 0 spiro atoms. The Bertz CT molecular complexity index is 612. The molecule has 0 radical (unpaired) electrons. The first-order valence-corrected chi connectivity index (χ1v) is 9.89. The molecule has 0 aliphatic rings. The van der Waals surface area contributed by atoms with Gasteiger partial charge in [0.2, 0.25) is 5.91 Å². The number of amides is 1. The number of rotatable bonds is 15. The van der Waals surface area contributed by atoms with E-state index >= 15 is 0 Å². The number of nitrogens with two attached hydrogens (primary N) is 1. The van der Waals surface area contributed by atoms with Crippen molar-refractivity contribution in [1.82, 2.24) is 10.4 Å². The quantitative estimate of drug-likeness (QED) is 0.158. The number of aliphatic carboxylic acids is 3. The topological polar surface area (TPSA) is 226 Å². The Morgan fingerprint density at radius 1 is 1.00 bits per heavy atom. The lowest BCUT2D eigenvalue weighted by atomic mass is 10.1. The van der Waals surface area contributed by atoms with E-state index in [0.29, 0.717) is 6.42 Å². The molecule has 0 aliphatic heterocycles. The second-order valence-corrected chi connectivity index (χ2v) is 7.63. The highest BCUT2D eigenvalue weighted by molar-refractivity contribution is 7.50. The SMILES string of the molecule is C[C@@H](N)CCC(=O)NC(CCOP(=O)(O)NC(CCC(=O)O)C(=O)O)C(=O)O. The normalized spacial score (nSPS) is 16.4. The Kier molecular flexibility index (Phi) is 11.5. The molecule has 0 fully saturated rings. The fourth-order valence-electron chi connectivity index (χ4n) is 1.92. The van der Waals surface area contributed by atoms with Crippen LogP contribution in [-0.2, 0) is 28.3 Å². The minimum Gasteiger partial charge on any atom is -0.481 e. The summed E-state index contributed by atoms with van der Waals surface area (Å²) < 4.78 is 16.5. The zero-order chi connectivity index (χ0) is 21.9. The van der Waals surface area contributed by atoms with Gasteiger partial charge >= 0.3 is 25.7 Å². The van der Waals surface area contributed by atoms with Gasteiger partial charge in [-0.15, -0.1) is 0 Å². The largest absolute Gasteiger partial charge is 0.481 e. The summed E-state index contributed by atoms with van der Waals surface area (Å²) >= 11 is 0. The number of hydrogen-bond acceptors (Lipinski definition) is 7.